The normalized spacial score (nSPS) is 16.0. The lowest BCUT2D eigenvalue weighted by molar-refractivity contribution is -0.128. The van der Waals surface area contributed by atoms with E-state index < -0.39 is 0 Å². The first-order valence-corrected chi connectivity index (χ1v) is 7.90. The highest BCUT2D eigenvalue weighted by atomic mass is 16.2. The molecule has 114 valence electrons. The van der Waals surface area contributed by atoms with Gasteiger partial charge < -0.3 is 10.6 Å². The van der Waals surface area contributed by atoms with Crippen molar-refractivity contribution in [2.75, 3.05) is 12.3 Å². The first kappa shape index (κ1) is 15.6. The number of nitrogen functional groups attached to an aromatic ring is 1. The molecule has 1 aromatic rings. The van der Waals surface area contributed by atoms with Crippen LogP contribution in [0.3, 0.4) is 0 Å². The van der Waals surface area contributed by atoms with Gasteiger partial charge in [-0.3, -0.25) is 4.79 Å². The second kappa shape index (κ2) is 7.30. The molecule has 3 nitrogen and oxygen atoms in total. The van der Waals surface area contributed by atoms with Crippen molar-refractivity contribution in [2.45, 2.75) is 45.6 Å². The molecule has 0 heterocycles. The van der Waals surface area contributed by atoms with Crippen LogP contribution in [0.5, 0.6) is 0 Å². The molecule has 21 heavy (non-hydrogen) atoms. The molecule has 1 fully saturated rings. The molecule has 1 aliphatic rings. The minimum Gasteiger partial charge on any atom is -0.399 e. The molecule has 3 heteroatoms. The molecule has 0 spiro atoms. The number of anilines is 1. The van der Waals surface area contributed by atoms with Crippen molar-refractivity contribution in [3.8, 4) is 0 Å². The van der Waals surface area contributed by atoms with Crippen molar-refractivity contribution in [1.29, 1.82) is 0 Å². The zero-order chi connectivity index (χ0) is 15.2. The lowest BCUT2D eigenvalue weighted by Crippen LogP contribution is -2.40. The fourth-order valence-corrected chi connectivity index (χ4v) is 2.95. The third-order valence-electron chi connectivity index (χ3n) is 3.94. The minimum absolute atomic E-state index is 0.123. The van der Waals surface area contributed by atoms with Gasteiger partial charge in [-0.2, -0.15) is 0 Å². The van der Waals surface area contributed by atoms with Gasteiger partial charge in [0, 0.05) is 24.4 Å². The van der Waals surface area contributed by atoms with Crippen molar-refractivity contribution in [1.82, 2.24) is 4.90 Å². The van der Waals surface area contributed by atoms with Crippen LogP contribution in [0, 0.1) is 5.92 Å². The number of carbonyl (C=O) groups is 1. The van der Waals surface area contributed by atoms with E-state index in [2.05, 4.69) is 18.7 Å². The Morgan fingerprint density at radius 3 is 2.71 bits per heavy atom. The van der Waals surface area contributed by atoms with E-state index in [1.54, 1.807) is 6.08 Å². The van der Waals surface area contributed by atoms with E-state index in [0.29, 0.717) is 12.0 Å². The third kappa shape index (κ3) is 4.62. The minimum atomic E-state index is 0.123. The summed E-state index contributed by atoms with van der Waals surface area (Å²) < 4.78 is 0. The molecule has 2 N–H and O–H groups in total. The Labute approximate surface area is 127 Å². The number of rotatable bonds is 5. The van der Waals surface area contributed by atoms with Crippen LogP contribution in [0.4, 0.5) is 5.69 Å². The molecule has 0 unspecified atom stereocenters. The van der Waals surface area contributed by atoms with Gasteiger partial charge in [0.25, 0.3) is 0 Å². The second-order valence-corrected chi connectivity index (χ2v) is 6.33. The van der Waals surface area contributed by atoms with Crippen LogP contribution < -0.4 is 5.73 Å². The molecular formula is C18H26N2O. The van der Waals surface area contributed by atoms with Gasteiger partial charge in [0.1, 0.15) is 0 Å². The topological polar surface area (TPSA) is 46.3 Å². The Morgan fingerprint density at radius 1 is 1.38 bits per heavy atom. The van der Waals surface area contributed by atoms with E-state index in [9.17, 15) is 4.79 Å². The average molecular weight is 286 g/mol. The number of benzene rings is 1. The van der Waals surface area contributed by atoms with E-state index in [4.69, 9.17) is 5.73 Å². The first-order chi connectivity index (χ1) is 10.1. The van der Waals surface area contributed by atoms with Gasteiger partial charge in [-0.1, -0.05) is 38.8 Å². The van der Waals surface area contributed by atoms with Crippen molar-refractivity contribution in [2.24, 2.45) is 5.92 Å². The van der Waals surface area contributed by atoms with E-state index in [1.165, 1.54) is 12.8 Å². The van der Waals surface area contributed by atoms with Crippen molar-refractivity contribution in [3.05, 3.63) is 35.9 Å². The molecule has 0 bridgehead atoms. The molecule has 0 atom stereocenters. The van der Waals surface area contributed by atoms with Crippen LogP contribution in [0.15, 0.2) is 30.3 Å². The maximum Gasteiger partial charge on any atom is 0.246 e. The molecule has 1 aliphatic carbocycles. The average Bonchev–Trinajstić information content (AvgIpc) is 2.96. The predicted molar refractivity (Wildman–Crippen MR) is 88.7 cm³/mol. The lowest BCUT2D eigenvalue weighted by atomic mass is 10.1. The van der Waals surface area contributed by atoms with Crippen LogP contribution >= 0.6 is 0 Å². The summed E-state index contributed by atoms with van der Waals surface area (Å²) in [6.07, 6.45) is 8.32. The summed E-state index contributed by atoms with van der Waals surface area (Å²) in [6.45, 7) is 5.17. The molecule has 0 saturated heterocycles. The Balaban J connectivity index is 2.06. The number of amides is 1. The Bertz CT molecular complexity index is 502. The van der Waals surface area contributed by atoms with E-state index in [0.717, 1.165) is 30.6 Å². The molecule has 1 amide bonds. The molecule has 0 aromatic heterocycles. The summed E-state index contributed by atoms with van der Waals surface area (Å²) in [5, 5.41) is 0. The van der Waals surface area contributed by atoms with Crippen LogP contribution in [0.2, 0.25) is 0 Å². The van der Waals surface area contributed by atoms with Crippen LogP contribution in [0.25, 0.3) is 6.08 Å². The summed E-state index contributed by atoms with van der Waals surface area (Å²) >= 11 is 0. The fourth-order valence-electron chi connectivity index (χ4n) is 2.95. The van der Waals surface area contributed by atoms with Gasteiger partial charge >= 0.3 is 0 Å². The zero-order valence-electron chi connectivity index (χ0n) is 13.1. The highest BCUT2D eigenvalue weighted by Crippen LogP contribution is 2.24. The third-order valence-corrected chi connectivity index (χ3v) is 3.94. The first-order valence-electron chi connectivity index (χ1n) is 7.90. The Hall–Kier alpha value is -1.77. The van der Waals surface area contributed by atoms with Crippen LogP contribution in [0.1, 0.15) is 45.1 Å². The molecule has 1 saturated carbocycles. The van der Waals surface area contributed by atoms with E-state index in [-0.39, 0.29) is 5.91 Å². The number of hydrogen-bond acceptors (Lipinski definition) is 2. The SMILES string of the molecule is CC(C)CN(C(=O)/C=C/c1cccc(N)c1)C1CCCC1. The summed E-state index contributed by atoms with van der Waals surface area (Å²) in [5.74, 6) is 0.619. The maximum atomic E-state index is 12.5. The van der Waals surface area contributed by atoms with Gasteiger partial charge in [0.2, 0.25) is 5.91 Å². The van der Waals surface area contributed by atoms with Crippen molar-refractivity contribution < 1.29 is 4.79 Å². The molecular weight excluding hydrogens is 260 g/mol. The van der Waals surface area contributed by atoms with E-state index in [1.807, 2.05) is 30.3 Å². The van der Waals surface area contributed by atoms with E-state index >= 15 is 0 Å². The number of nitrogens with two attached hydrogens (primary N) is 1. The predicted octanol–water partition coefficient (Wildman–Crippen LogP) is 3.71. The molecule has 2 rings (SSSR count). The lowest BCUT2D eigenvalue weighted by Gasteiger charge is -2.29. The summed E-state index contributed by atoms with van der Waals surface area (Å²) in [4.78, 5) is 14.6. The monoisotopic (exact) mass is 286 g/mol. The highest BCUT2D eigenvalue weighted by molar-refractivity contribution is 5.92. The molecule has 1 aromatic carbocycles. The Kier molecular flexibility index (Phi) is 5.43. The molecule has 0 radical (unpaired) electrons. The quantitative estimate of drug-likeness (QED) is 0.662. The van der Waals surface area contributed by atoms with Crippen LogP contribution in [-0.2, 0) is 4.79 Å². The van der Waals surface area contributed by atoms with Gasteiger partial charge in [0.15, 0.2) is 0 Å². The number of hydrogen-bond donors (Lipinski definition) is 1. The number of nitrogens with zero attached hydrogens (tertiary/aromatic N) is 1. The van der Waals surface area contributed by atoms with Crippen LogP contribution in [-0.4, -0.2) is 23.4 Å². The Morgan fingerprint density at radius 2 is 2.10 bits per heavy atom. The summed E-state index contributed by atoms with van der Waals surface area (Å²) in [7, 11) is 0. The summed E-state index contributed by atoms with van der Waals surface area (Å²) in [6, 6.07) is 8.02. The molecule has 0 aliphatic heterocycles. The van der Waals surface area contributed by atoms with Gasteiger partial charge in [-0.25, -0.2) is 0 Å². The zero-order valence-corrected chi connectivity index (χ0v) is 13.1. The van der Waals surface area contributed by atoms with Gasteiger partial charge in [-0.15, -0.1) is 0 Å². The van der Waals surface area contributed by atoms with Gasteiger partial charge in [0.05, 0.1) is 0 Å². The maximum absolute atomic E-state index is 12.5. The standard InChI is InChI=1S/C18H26N2O/c1-14(2)13-20(17-8-3-4-9-17)18(21)11-10-15-6-5-7-16(19)12-15/h5-7,10-12,14,17H,3-4,8-9,13,19H2,1-2H3/b11-10+. The van der Waals surface area contributed by atoms with Crippen molar-refractivity contribution in [3.63, 3.8) is 0 Å². The van der Waals surface area contributed by atoms with Crippen molar-refractivity contribution >= 4 is 17.7 Å². The second-order valence-electron chi connectivity index (χ2n) is 6.33. The van der Waals surface area contributed by atoms with Gasteiger partial charge in [-0.05, 0) is 42.5 Å². The largest absolute Gasteiger partial charge is 0.399 e. The smallest absolute Gasteiger partial charge is 0.246 e. The number of carbonyl (C=O) groups excluding carboxylic acids is 1. The highest BCUT2D eigenvalue weighted by Gasteiger charge is 2.25. The fraction of sp³-hybridized carbons (Fsp3) is 0.500. The summed E-state index contributed by atoms with van der Waals surface area (Å²) in [5.41, 5.74) is 7.45.